The van der Waals surface area contributed by atoms with E-state index in [2.05, 4.69) is 5.10 Å². The van der Waals surface area contributed by atoms with Crippen molar-refractivity contribution in [3.8, 4) is 5.69 Å². The Kier molecular flexibility index (Phi) is 4.91. The molecule has 8 heteroatoms. The Morgan fingerprint density at radius 2 is 1.96 bits per heavy atom. The molecule has 4 rings (SSSR count). The van der Waals surface area contributed by atoms with E-state index in [0.717, 1.165) is 5.69 Å². The molecule has 3 heterocycles. The number of carbonyl (C=O) groups is 2. The Hall–Kier alpha value is -2.71. The molecule has 27 heavy (non-hydrogen) atoms. The molecule has 0 radical (unpaired) electrons. The number of carboxylic acids is 1. The topological polar surface area (TPSA) is 87.9 Å². The van der Waals surface area contributed by atoms with Crippen LogP contribution in [0, 0.1) is 5.92 Å². The summed E-state index contributed by atoms with van der Waals surface area (Å²) >= 11 is 0. The molecule has 142 valence electrons. The number of hydrogen-bond donors (Lipinski definition) is 1. The van der Waals surface area contributed by atoms with Crippen molar-refractivity contribution in [2.75, 3.05) is 39.4 Å². The highest BCUT2D eigenvalue weighted by molar-refractivity contribution is 5.94. The van der Waals surface area contributed by atoms with Crippen molar-refractivity contribution in [3.63, 3.8) is 0 Å². The number of ether oxygens (including phenoxy) is 1. The Morgan fingerprint density at radius 3 is 2.67 bits per heavy atom. The molecule has 2 bridgehead atoms. The standard InChI is InChI=1S/C19H22N4O4/c24-18(25)11-21-8-14-9-22(17(10-21)13-27-12-14)19(26)15-2-4-16(5-3-15)23-7-1-6-20-23/h1-7,14,17H,8-13H2,(H,24,25)/t14-,17-/m0/s1. The molecule has 1 aromatic carbocycles. The lowest BCUT2D eigenvalue weighted by molar-refractivity contribution is -0.138. The van der Waals surface area contributed by atoms with E-state index < -0.39 is 5.97 Å². The van der Waals surface area contributed by atoms with Gasteiger partial charge in [0.25, 0.3) is 5.91 Å². The van der Waals surface area contributed by atoms with E-state index in [0.29, 0.717) is 38.4 Å². The fraction of sp³-hybridized carbons (Fsp3) is 0.421. The quantitative estimate of drug-likeness (QED) is 0.854. The third-order valence-corrected chi connectivity index (χ3v) is 5.05. The number of fused-ring (bicyclic) bond motifs is 3. The van der Waals surface area contributed by atoms with Crippen molar-refractivity contribution >= 4 is 11.9 Å². The maximum Gasteiger partial charge on any atom is 0.317 e. The van der Waals surface area contributed by atoms with Crippen LogP contribution in [0.1, 0.15) is 10.4 Å². The van der Waals surface area contributed by atoms with Crippen molar-refractivity contribution in [1.82, 2.24) is 19.6 Å². The lowest BCUT2D eigenvalue weighted by Crippen LogP contribution is -2.47. The number of amides is 1. The first-order valence-corrected chi connectivity index (χ1v) is 9.03. The number of aromatic nitrogens is 2. The largest absolute Gasteiger partial charge is 0.480 e. The van der Waals surface area contributed by atoms with Crippen molar-refractivity contribution in [2.24, 2.45) is 5.92 Å². The summed E-state index contributed by atoms with van der Waals surface area (Å²) in [5.41, 5.74) is 1.50. The summed E-state index contributed by atoms with van der Waals surface area (Å²) in [5.74, 6) is -0.771. The van der Waals surface area contributed by atoms with Gasteiger partial charge in [-0.25, -0.2) is 4.68 Å². The minimum atomic E-state index is -0.844. The summed E-state index contributed by atoms with van der Waals surface area (Å²) < 4.78 is 7.46. The third-order valence-electron chi connectivity index (χ3n) is 5.05. The van der Waals surface area contributed by atoms with Gasteiger partial charge in [-0.15, -0.1) is 0 Å². The van der Waals surface area contributed by atoms with Gasteiger partial charge < -0.3 is 14.7 Å². The first kappa shape index (κ1) is 17.7. The maximum atomic E-state index is 13.1. The summed E-state index contributed by atoms with van der Waals surface area (Å²) in [6, 6.07) is 9.07. The number of benzene rings is 1. The number of carbonyl (C=O) groups excluding carboxylic acids is 1. The van der Waals surface area contributed by atoms with E-state index in [9.17, 15) is 9.59 Å². The summed E-state index contributed by atoms with van der Waals surface area (Å²) in [6.45, 7) is 2.71. The highest BCUT2D eigenvalue weighted by atomic mass is 16.5. The van der Waals surface area contributed by atoms with Crippen LogP contribution in [0.25, 0.3) is 5.69 Å². The molecular formula is C19H22N4O4. The molecule has 0 spiro atoms. The zero-order valence-corrected chi connectivity index (χ0v) is 14.9. The zero-order valence-electron chi connectivity index (χ0n) is 14.9. The maximum absolute atomic E-state index is 13.1. The van der Waals surface area contributed by atoms with Gasteiger partial charge in [0.05, 0.1) is 31.5 Å². The van der Waals surface area contributed by atoms with Crippen LogP contribution in [-0.2, 0) is 9.53 Å². The SMILES string of the molecule is O=C(O)CN1C[C@@H]2COC[C@H](C1)N(C(=O)c1ccc(-n3cccn3)cc1)C2. The van der Waals surface area contributed by atoms with Crippen LogP contribution in [-0.4, -0.2) is 82.0 Å². The molecule has 2 aliphatic heterocycles. The van der Waals surface area contributed by atoms with Gasteiger partial charge in [0, 0.05) is 43.5 Å². The van der Waals surface area contributed by atoms with Crippen LogP contribution in [0.15, 0.2) is 42.7 Å². The molecule has 2 atom stereocenters. The van der Waals surface area contributed by atoms with Crippen molar-refractivity contribution in [1.29, 1.82) is 0 Å². The monoisotopic (exact) mass is 370 g/mol. The predicted octanol–water partition coefficient (Wildman–Crippen LogP) is 0.730. The molecule has 0 aliphatic carbocycles. The van der Waals surface area contributed by atoms with Crippen LogP contribution < -0.4 is 0 Å². The second-order valence-electron chi connectivity index (χ2n) is 7.10. The second-order valence-corrected chi connectivity index (χ2v) is 7.10. The summed E-state index contributed by atoms with van der Waals surface area (Å²) in [6.07, 6.45) is 3.56. The molecule has 1 amide bonds. The van der Waals surface area contributed by atoms with Crippen LogP contribution in [0.3, 0.4) is 0 Å². The molecule has 0 unspecified atom stereocenters. The average molecular weight is 370 g/mol. The van der Waals surface area contributed by atoms with Gasteiger partial charge in [-0.3, -0.25) is 14.5 Å². The lowest BCUT2D eigenvalue weighted by Gasteiger charge is -2.30. The van der Waals surface area contributed by atoms with Gasteiger partial charge >= 0.3 is 5.97 Å². The Labute approximate surface area is 156 Å². The second kappa shape index (κ2) is 7.50. The van der Waals surface area contributed by atoms with E-state index in [-0.39, 0.29) is 24.4 Å². The van der Waals surface area contributed by atoms with Gasteiger partial charge in [-0.1, -0.05) is 0 Å². The first-order valence-electron chi connectivity index (χ1n) is 9.03. The fourth-order valence-electron chi connectivity index (χ4n) is 3.85. The van der Waals surface area contributed by atoms with Crippen molar-refractivity contribution < 1.29 is 19.4 Å². The Bertz CT molecular complexity index is 806. The van der Waals surface area contributed by atoms with Crippen LogP contribution >= 0.6 is 0 Å². The average Bonchev–Trinajstić information content (AvgIpc) is 3.03. The zero-order chi connectivity index (χ0) is 18.8. The molecule has 2 aliphatic rings. The van der Waals surface area contributed by atoms with Crippen LogP contribution in [0.2, 0.25) is 0 Å². The molecule has 8 nitrogen and oxygen atoms in total. The minimum absolute atomic E-state index is 0.00635. The molecule has 0 saturated carbocycles. The van der Waals surface area contributed by atoms with Crippen LogP contribution in [0.5, 0.6) is 0 Å². The molecule has 2 saturated heterocycles. The number of nitrogens with zero attached hydrogens (tertiary/aromatic N) is 4. The van der Waals surface area contributed by atoms with Gasteiger partial charge in [-0.05, 0) is 30.3 Å². The van der Waals surface area contributed by atoms with E-state index in [1.54, 1.807) is 10.9 Å². The Balaban J connectivity index is 1.53. The molecular weight excluding hydrogens is 348 g/mol. The summed E-state index contributed by atoms with van der Waals surface area (Å²) in [5, 5.41) is 13.3. The molecule has 1 N–H and O–H groups in total. The van der Waals surface area contributed by atoms with Gasteiger partial charge in [0.15, 0.2) is 0 Å². The van der Waals surface area contributed by atoms with Crippen molar-refractivity contribution in [2.45, 2.75) is 6.04 Å². The van der Waals surface area contributed by atoms with Gasteiger partial charge in [0.1, 0.15) is 0 Å². The highest BCUT2D eigenvalue weighted by Gasteiger charge is 2.36. The van der Waals surface area contributed by atoms with E-state index in [1.165, 1.54) is 0 Å². The normalized spacial score (nSPS) is 23.0. The third kappa shape index (κ3) is 3.86. The van der Waals surface area contributed by atoms with E-state index in [4.69, 9.17) is 9.84 Å². The predicted molar refractivity (Wildman–Crippen MR) is 96.8 cm³/mol. The van der Waals surface area contributed by atoms with Gasteiger partial charge in [-0.2, -0.15) is 5.10 Å². The van der Waals surface area contributed by atoms with E-state index >= 15 is 0 Å². The summed E-state index contributed by atoms with van der Waals surface area (Å²) in [7, 11) is 0. The smallest absolute Gasteiger partial charge is 0.317 e. The number of hydrogen-bond acceptors (Lipinski definition) is 5. The summed E-state index contributed by atoms with van der Waals surface area (Å²) in [4.78, 5) is 28.0. The molecule has 1 aromatic heterocycles. The van der Waals surface area contributed by atoms with Crippen LogP contribution in [0.4, 0.5) is 0 Å². The van der Waals surface area contributed by atoms with E-state index in [1.807, 2.05) is 46.3 Å². The number of aliphatic carboxylic acids is 1. The lowest BCUT2D eigenvalue weighted by atomic mass is 10.1. The fourth-order valence-corrected chi connectivity index (χ4v) is 3.85. The molecule has 2 aromatic rings. The first-order chi connectivity index (χ1) is 13.1. The van der Waals surface area contributed by atoms with Gasteiger partial charge in [0.2, 0.25) is 0 Å². The Morgan fingerprint density at radius 1 is 1.15 bits per heavy atom. The molecule has 2 fully saturated rings. The number of carboxylic acid groups (broad SMARTS) is 1. The highest BCUT2D eigenvalue weighted by Crippen LogP contribution is 2.22. The number of rotatable bonds is 4. The minimum Gasteiger partial charge on any atom is -0.480 e. The van der Waals surface area contributed by atoms with Crippen molar-refractivity contribution in [3.05, 3.63) is 48.3 Å².